The quantitative estimate of drug-likeness (QED) is 0.702. The molecule has 1 unspecified atom stereocenters. The standard InChI is InChI=1S/C19H24F2N2O5/c1-19(2,17(26)27)9-10-22-15(24)13-7-5-11-23(13)16(25)12-6-3-4-8-14(12)28-18(20)21/h3-4,6,8,13,18H,5,7,9-11H2,1-2H3,(H,22,24)(H,26,27). The second kappa shape index (κ2) is 8.99. The Bertz CT molecular complexity index is 739. The summed E-state index contributed by atoms with van der Waals surface area (Å²) in [4.78, 5) is 37.8. The van der Waals surface area contributed by atoms with Crippen molar-refractivity contribution in [3.05, 3.63) is 29.8 Å². The van der Waals surface area contributed by atoms with Gasteiger partial charge in [-0.05, 0) is 45.2 Å². The first-order chi connectivity index (χ1) is 13.1. The van der Waals surface area contributed by atoms with Crippen molar-refractivity contribution in [3.8, 4) is 5.75 Å². The van der Waals surface area contributed by atoms with Crippen LogP contribution in [0.15, 0.2) is 24.3 Å². The average Bonchev–Trinajstić information content (AvgIpc) is 3.10. The van der Waals surface area contributed by atoms with E-state index in [1.807, 2.05) is 0 Å². The molecule has 2 rings (SSSR count). The number of amides is 2. The Morgan fingerprint density at radius 2 is 2.00 bits per heavy atom. The summed E-state index contributed by atoms with van der Waals surface area (Å²) in [5.41, 5.74) is -1.01. The SMILES string of the molecule is CC(C)(CCNC(=O)C1CCCN1C(=O)c1ccccc1OC(F)F)C(=O)O. The zero-order chi connectivity index (χ0) is 20.9. The topological polar surface area (TPSA) is 95.9 Å². The smallest absolute Gasteiger partial charge is 0.387 e. The predicted octanol–water partition coefficient (Wildman–Crippen LogP) is 2.51. The van der Waals surface area contributed by atoms with Gasteiger partial charge >= 0.3 is 12.6 Å². The minimum atomic E-state index is -3.07. The lowest BCUT2D eigenvalue weighted by Crippen LogP contribution is -2.46. The van der Waals surface area contributed by atoms with Crippen molar-refractivity contribution in [2.24, 2.45) is 5.41 Å². The van der Waals surface area contributed by atoms with Crippen molar-refractivity contribution in [1.82, 2.24) is 10.2 Å². The highest BCUT2D eigenvalue weighted by molar-refractivity contribution is 6.00. The van der Waals surface area contributed by atoms with Gasteiger partial charge in [0.1, 0.15) is 11.8 Å². The summed E-state index contributed by atoms with van der Waals surface area (Å²) in [6.07, 6.45) is 1.28. The van der Waals surface area contributed by atoms with Crippen LogP contribution in [0.25, 0.3) is 0 Å². The van der Waals surface area contributed by atoms with Crippen molar-refractivity contribution < 1.29 is 33.0 Å². The average molecular weight is 398 g/mol. The van der Waals surface area contributed by atoms with E-state index in [0.717, 1.165) is 0 Å². The van der Waals surface area contributed by atoms with Crippen LogP contribution >= 0.6 is 0 Å². The molecule has 1 aliphatic heterocycles. The maximum atomic E-state index is 12.8. The van der Waals surface area contributed by atoms with Crippen LogP contribution in [0.3, 0.4) is 0 Å². The van der Waals surface area contributed by atoms with E-state index in [2.05, 4.69) is 10.1 Å². The van der Waals surface area contributed by atoms with Crippen LogP contribution < -0.4 is 10.1 Å². The minimum absolute atomic E-state index is 0.0329. The molecule has 154 valence electrons. The van der Waals surface area contributed by atoms with E-state index in [-0.39, 0.29) is 30.2 Å². The number of likely N-dealkylation sites (tertiary alicyclic amines) is 1. The molecule has 0 saturated carbocycles. The van der Waals surface area contributed by atoms with Crippen LogP contribution in [0.2, 0.25) is 0 Å². The Hall–Kier alpha value is -2.71. The Labute approximate surface area is 161 Å². The second-order valence-electron chi connectivity index (χ2n) is 7.26. The van der Waals surface area contributed by atoms with Crippen molar-refractivity contribution in [2.45, 2.75) is 45.8 Å². The lowest BCUT2D eigenvalue weighted by molar-refractivity contribution is -0.147. The molecule has 1 aliphatic rings. The van der Waals surface area contributed by atoms with Gasteiger partial charge in [0.05, 0.1) is 11.0 Å². The highest BCUT2D eigenvalue weighted by atomic mass is 19.3. The van der Waals surface area contributed by atoms with Crippen LogP contribution in [0.1, 0.15) is 43.5 Å². The molecule has 1 heterocycles. The molecule has 0 radical (unpaired) electrons. The first kappa shape index (κ1) is 21.6. The number of carbonyl (C=O) groups excluding carboxylic acids is 2. The molecule has 1 aromatic carbocycles. The zero-order valence-electron chi connectivity index (χ0n) is 15.8. The Kier molecular flexibility index (Phi) is 6.93. The number of para-hydroxylation sites is 1. The molecule has 0 aromatic heterocycles. The van der Waals surface area contributed by atoms with Gasteiger partial charge in [0.2, 0.25) is 5.91 Å². The molecule has 7 nitrogen and oxygen atoms in total. The summed E-state index contributed by atoms with van der Waals surface area (Å²) >= 11 is 0. The molecular formula is C19H24F2N2O5. The molecule has 28 heavy (non-hydrogen) atoms. The van der Waals surface area contributed by atoms with Gasteiger partial charge in [-0.3, -0.25) is 14.4 Å². The van der Waals surface area contributed by atoms with Crippen LogP contribution in [-0.4, -0.2) is 53.5 Å². The number of nitrogens with zero attached hydrogens (tertiary/aromatic N) is 1. The zero-order valence-corrected chi connectivity index (χ0v) is 15.8. The molecule has 1 saturated heterocycles. The van der Waals surface area contributed by atoms with E-state index >= 15 is 0 Å². The highest BCUT2D eigenvalue weighted by Crippen LogP contribution is 2.26. The molecule has 1 atom stereocenters. The number of aliphatic carboxylic acids is 1. The molecule has 9 heteroatoms. The molecule has 2 N–H and O–H groups in total. The highest BCUT2D eigenvalue weighted by Gasteiger charge is 2.36. The Morgan fingerprint density at radius 1 is 1.32 bits per heavy atom. The molecule has 1 fully saturated rings. The van der Waals surface area contributed by atoms with E-state index < -0.39 is 29.9 Å². The van der Waals surface area contributed by atoms with Gasteiger partial charge < -0.3 is 20.1 Å². The summed E-state index contributed by atoms with van der Waals surface area (Å²) in [6.45, 7) is 0.534. The number of nitrogens with one attached hydrogen (secondary N) is 1. The van der Waals surface area contributed by atoms with Crippen LogP contribution in [0.5, 0.6) is 5.75 Å². The molecular weight excluding hydrogens is 374 g/mol. The van der Waals surface area contributed by atoms with E-state index in [1.165, 1.54) is 29.2 Å². The number of alkyl halides is 2. The summed E-state index contributed by atoms with van der Waals surface area (Å²) in [6, 6.07) is 4.93. The van der Waals surface area contributed by atoms with Crippen LogP contribution in [0.4, 0.5) is 8.78 Å². The fraction of sp³-hybridized carbons (Fsp3) is 0.526. The molecule has 0 spiro atoms. The third-order valence-electron chi connectivity index (χ3n) is 4.78. The first-order valence-electron chi connectivity index (χ1n) is 8.99. The fourth-order valence-electron chi connectivity index (χ4n) is 3.00. The van der Waals surface area contributed by atoms with E-state index in [1.54, 1.807) is 13.8 Å². The lowest BCUT2D eigenvalue weighted by Gasteiger charge is -2.25. The van der Waals surface area contributed by atoms with E-state index in [9.17, 15) is 23.2 Å². The summed E-state index contributed by atoms with van der Waals surface area (Å²) < 4.78 is 29.6. The number of carbonyl (C=O) groups is 3. The number of benzene rings is 1. The van der Waals surface area contributed by atoms with Gasteiger partial charge in [0.25, 0.3) is 5.91 Å². The summed E-state index contributed by atoms with van der Waals surface area (Å²) in [7, 11) is 0. The number of halogens is 2. The summed E-state index contributed by atoms with van der Waals surface area (Å²) in [5, 5.41) is 11.8. The number of carboxylic acid groups (broad SMARTS) is 1. The van der Waals surface area contributed by atoms with E-state index in [4.69, 9.17) is 5.11 Å². The largest absolute Gasteiger partial charge is 0.481 e. The normalized spacial score (nSPS) is 16.9. The Morgan fingerprint density at radius 3 is 2.64 bits per heavy atom. The van der Waals surface area contributed by atoms with Crippen LogP contribution in [-0.2, 0) is 9.59 Å². The minimum Gasteiger partial charge on any atom is -0.481 e. The molecule has 0 bridgehead atoms. The van der Waals surface area contributed by atoms with Gasteiger partial charge in [-0.2, -0.15) is 8.78 Å². The van der Waals surface area contributed by atoms with Gasteiger partial charge in [0, 0.05) is 13.1 Å². The maximum Gasteiger partial charge on any atom is 0.387 e. The van der Waals surface area contributed by atoms with Crippen molar-refractivity contribution in [1.29, 1.82) is 0 Å². The van der Waals surface area contributed by atoms with Crippen molar-refractivity contribution in [2.75, 3.05) is 13.1 Å². The van der Waals surface area contributed by atoms with Gasteiger partial charge in [-0.1, -0.05) is 12.1 Å². The second-order valence-corrected chi connectivity index (χ2v) is 7.26. The van der Waals surface area contributed by atoms with Gasteiger partial charge in [-0.15, -0.1) is 0 Å². The number of ether oxygens (including phenoxy) is 1. The number of hydrogen-bond acceptors (Lipinski definition) is 4. The molecule has 1 aromatic rings. The van der Waals surface area contributed by atoms with Crippen molar-refractivity contribution >= 4 is 17.8 Å². The first-order valence-corrected chi connectivity index (χ1v) is 8.99. The van der Waals surface area contributed by atoms with Crippen molar-refractivity contribution in [3.63, 3.8) is 0 Å². The fourth-order valence-corrected chi connectivity index (χ4v) is 3.00. The number of hydrogen-bond donors (Lipinski definition) is 2. The monoisotopic (exact) mass is 398 g/mol. The molecule has 2 amide bonds. The van der Waals surface area contributed by atoms with Crippen LogP contribution in [0, 0.1) is 5.41 Å². The van der Waals surface area contributed by atoms with Gasteiger partial charge in [0.15, 0.2) is 0 Å². The predicted molar refractivity (Wildman–Crippen MR) is 96.2 cm³/mol. The summed E-state index contributed by atoms with van der Waals surface area (Å²) in [5.74, 6) is -2.15. The van der Waals surface area contributed by atoms with Gasteiger partial charge in [-0.25, -0.2) is 0 Å². The number of carboxylic acids is 1. The van der Waals surface area contributed by atoms with E-state index in [0.29, 0.717) is 19.4 Å². The Balaban J connectivity index is 2.05. The number of rotatable bonds is 8. The lowest BCUT2D eigenvalue weighted by atomic mass is 9.89. The third kappa shape index (κ3) is 5.17. The third-order valence-corrected chi connectivity index (χ3v) is 4.78. The molecule has 0 aliphatic carbocycles. The maximum absolute atomic E-state index is 12.8.